The molecule has 4 rings (SSSR count). The Morgan fingerprint density at radius 2 is 1.66 bits per heavy atom. The Hall–Kier alpha value is -2.91. The molecule has 0 radical (unpaired) electrons. The number of sulfonamides is 1. The molecule has 0 aromatic heterocycles. The molecule has 2 aromatic rings. The standard InChI is InChI=1S/C26H34N4O4S/c1-19(2)27-26(32)23-6-4-8-24-22(23)7-5-13-29(24)18-25(31)28-14-16-30(17-15-28)35(33,34)21-11-9-20(3)10-12-21/h4,6,8-12,19H,5,7,13-18H2,1-3H3,(H,27,32). The Bertz CT molecular complexity index is 1190. The summed E-state index contributed by atoms with van der Waals surface area (Å²) in [6.45, 7) is 8.03. The molecular formula is C26H34N4O4S. The van der Waals surface area contributed by atoms with Gasteiger partial charge in [-0.1, -0.05) is 23.8 Å². The van der Waals surface area contributed by atoms with E-state index in [1.165, 1.54) is 4.31 Å². The number of carbonyl (C=O) groups is 2. The number of nitrogens with one attached hydrogen (secondary N) is 1. The van der Waals surface area contributed by atoms with Crippen LogP contribution in [-0.4, -0.2) is 74.7 Å². The predicted octanol–water partition coefficient (Wildman–Crippen LogP) is 2.42. The Morgan fingerprint density at radius 3 is 2.31 bits per heavy atom. The minimum atomic E-state index is -3.57. The summed E-state index contributed by atoms with van der Waals surface area (Å²) in [6.07, 6.45) is 1.67. The van der Waals surface area contributed by atoms with Crippen molar-refractivity contribution in [2.24, 2.45) is 0 Å². The quantitative estimate of drug-likeness (QED) is 0.661. The molecule has 0 bridgehead atoms. The van der Waals surface area contributed by atoms with Crippen molar-refractivity contribution in [1.82, 2.24) is 14.5 Å². The van der Waals surface area contributed by atoms with Gasteiger partial charge in [0.15, 0.2) is 0 Å². The second-order valence-corrected chi connectivity index (χ2v) is 11.5. The van der Waals surface area contributed by atoms with E-state index in [4.69, 9.17) is 0 Å². The number of amides is 2. The monoisotopic (exact) mass is 498 g/mol. The summed E-state index contributed by atoms with van der Waals surface area (Å²) in [7, 11) is -3.57. The molecule has 8 nitrogen and oxygen atoms in total. The Labute approximate surface area is 207 Å². The lowest BCUT2D eigenvalue weighted by Crippen LogP contribution is -2.53. The highest BCUT2D eigenvalue weighted by molar-refractivity contribution is 7.89. The van der Waals surface area contributed by atoms with Crippen LogP contribution in [-0.2, 0) is 21.2 Å². The van der Waals surface area contributed by atoms with Gasteiger partial charge in [-0.3, -0.25) is 9.59 Å². The van der Waals surface area contributed by atoms with E-state index in [0.717, 1.165) is 36.2 Å². The van der Waals surface area contributed by atoms with Crippen molar-refractivity contribution in [1.29, 1.82) is 0 Å². The number of carbonyl (C=O) groups excluding carboxylic acids is 2. The van der Waals surface area contributed by atoms with E-state index in [-0.39, 0.29) is 42.4 Å². The Balaban J connectivity index is 1.40. The van der Waals surface area contributed by atoms with Gasteiger partial charge in [-0.15, -0.1) is 0 Å². The third-order valence-electron chi connectivity index (χ3n) is 6.59. The van der Waals surface area contributed by atoms with Gasteiger partial charge in [-0.05, 0) is 63.4 Å². The third-order valence-corrected chi connectivity index (χ3v) is 8.50. The fraction of sp³-hybridized carbons (Fsp3) is 0.462. The van der Waals surface area contributed by atoms with Crippen LogP contribution in [0.4, 0.5) is 5.69 Å². The van der Waals surface area contributed by atoms with Crippen LogP contribution < -0.4 is 10.2 Å². The predicted molar refractivity (Wildman–Crippen MR) is 136 cm³/mol. The zero-order chi connectivity index (χ0) is 25.2. The molecule has 1 saturated heterocycles. The van der Waals surface area contributed by atoms with Crippen LogP contribution in [0.2, 0.25) is 0 Å². The SMILES string of the molecule is Cc1ccc(S(=O)(=O)N2CCN(C(=O)CN3CCCc4c(C(=O)NC(C)C)cccc43)CC2)cc1. The molecule has 0 saturated carbocycles. The van der Waals surface area contributed by atoms with E-state index in [2.05, 4.69) is 5.32 Å². The molecular weight excluding hydrogens is 464 g/mol. The zero-order valence-corrected chi connectivity index (χ0v) is 21.5. The zero-order valence-electron chi connectivity index (χ0n) is 20.7. The summed E-state index contributed by atoms with van der Waals surface area (Å²) < 4.78 is 27.4. The van der Waals surface area contributed by atoms with Crippen molar-refractivity contribution >= 4 is 27.5 Å². The average molecular weight is 499 g/mol. The van der Waals surface area contributed by atoms with Crippen LogP contribution in [0.25, 0.3) is 0 Å². The smallest absolute Gasteiger partial charge is 0.251 e. The number of hydrogen-bond donors (Lipinski definition) is 1. The number of aryl methyl sites for hydroxylation is 1. The highest BCUT2D eigenvalue weighted by atomic mass is 32.2. The Morgan fingerprint density at radius 1 is 0.971 bits per heavy atom. The maximum atomic E-state index is 13.1. The molecule has 0 unspecified atom stereocenters. The first kappa shape index (κ1) is 25.2. The highest BCUT2D eigenvalue weighted by Gasteiger charge is 2.31. The molecule has 2 amide bonds. The molecule has 2 heterocycles. The number of fused-ring (bicyclic) bond motifs is 1. The first-order valence-corrected chi connectivity index (χ1v) is 13.6. The molecule has 1 fully saturated rings. The molecule has 2 aliphatic rings. The molecule has 2 aliphatic heterocycles. The molecule has 0 atom stereocenters. The van der Waals surface area contributed by atoms with Gasteiger partial charge in [-0.25, -0.2) is 8.42 Å². The lowest BCUT2D eigenvalue weighted by molar-refractivity contribution is -0.130. The van der Waals surface area contributed by atoms with Gasteiger partial charge in [0, 0.05) is 50.0 Å². The fourth-order valence-corrected chi connectivity index (χ4v) is 6.14. The van der Waals surface area contributed by atoms with Crippen molar-refractivity contribution in [3.8, 4) is 0 Å². The van der Waals surface area contributed by atoms with E-state index in [0.29, 0.717) is 18.7 Å². The van der Waals surface area contributed by atoms with Crippen molar-refractivity contribution in [3.63, 3.8) is 0 Å². The molecule has 2 aromatic carbocycles. The van der Waals surface area contributed by atoms with Crippen LogP contribution in [0.1, 0.15) is 41.8 Å². The van der Waals surface area contributed by atoms with Crippen LogP contribution >= 0.6 is 0 Å². The largest absolute Gasteiger partial charge is 0.362 e. The second kappa shape index (κ2) is 10.4. The van der Waals surface area contributed by atoms with Gasteiger partial charge in [0.25, 0.3) is 5.91 Å². The first-order chi connectivity index (χ1) is 16.7. The number of hydrogen-bond acceptors (Lipinski definition) is 5. The number of piperazine rings is 1. The minimum Gasteiger partial charge on any atom is -0.362 e. The van der Waals surface area contributed by atoms with E-state index < -0.39 is 10.0 Å². The number of nitrogens with zero attached hydrogens (tertiary/aromatic N) is 3. The first-order valence-electron chi connectivity index (χ1n) is 12.2. The van der Waals surface area contributed by atoms with Crippen molar-refractivity contribution in [3.05, 3.63) is 59.2 Å². The average Bonchev–Trinajstić information content (AvgIpc) is 2.84. The summed E-state index contributed by atoms with van der Waals surface area (Å²) in [6, 6.07) is 12.6. The number of benzene rings is 2. The van der Waals surface area contributed by atoms with E-state index >= 15 is 0 Å². The normalized spacial score (nSPS) is 16.8. The van der Waals surface area contributed by atoms with Crippen molar-refractivity contribution in [2.75, 3.05) is 44.2 Å². The van der Waals surface area contributed by atoms with Gasteiger partial charge in [0.2, 0.25) is 15.9 Å². The number of anilines is 1. The van der Waals surface area contributed by atoms with E-state index in [1.807, 2.05) is 43.9 Å². The van der Waals surface area contributed by atoms with Gasteiger partial charge in [0.1, 0.15) is 0 Å². The maximum absolute atomic E-state index is 13.1. The van der Waals surface area contributed by atoms with Crippen LogP contribution in [0.3, 0.4) is 0 Å². The van der Waals surface area contributed by atoms with Gasteiger partial charge < -0.3 is 15.1 Å². The topological polar surface area (TPSA) is 90.0 Å². The molecule has 0 spiro atoms. The molecule has 0 aliphatic carbocycles. The molecule has 188 valence electrons. The summed E-state index contributed by atoms with van der Waals surface area (Å²) in [5, 5.41) is 2.96. The van der Waals surface area contributed by atoms with E-state index in [1.54, 1.807) is 29.2 Å². The highest BCUT2D eigenvalue weighted by Crippen LogP contribution is 2.30. The van der Waals surface area contributed by atoms with Crippen molar-refractivity contribution in [2.45, 2.75) is 44.6 Å². The minimum absolute atomic E-state index is 0.0257. The van der Waals surface area contributed by atoms with Gasteiger partial charge in [-0.2, -0.15) is 4.31 Å². The van der Waals surface area contributed by atoms with Crippen LogP contribution in [0.5, 0.6) is 0 Å². The van der Waals surface area contributed by atoms with Gasteiger partial charge in [0.05, 0.1) is 11.4 Å². The van der Waals surface area contributed by atoms with Crippen LogP contribution in [0.15, 0.2) is 47.4 Å². The molecule has 9 heteroatoms. The fourth-order valence-electron chi connectivity index (χ4n) is 4.72. The Kier molecular flexibility index (Phi) is 7.47. The maximum Gasteiger partial charge on any atom is 0.251 e. The second-order valence-electron chi connectivity index (χ2n) is 9.55. The summed E-state index contributed by atoms with van der Waals surface area (Å²) in [5.74, 6) is -0.113. The van der Waals surface area contributed by atoms with E-state index in [9.17, 15) is 18.0 Å². The lowest BCUT2D eigenvalue weighted by atomic mass is 9.95. The molecule has 35 heavy (non-hydrogen) atoms. The summed E-state index contributed by atoms with van der Waals surface area (Å²) in [4.78, 5) is 29.9. The summed E-state index contributed by atoms with van der Waals surface area (Å²) >= 11 is 0. The van der Waals surface area contributed by atoms with Crippen LogP contribution in [0, 0.1) is 6.92 Å². The molecule has 1 N–H and O–H groups in total. The third kappa shape index (κ3) is 5.51. The lowest BCUT2D eigenvalue weighted by Gasteiger charge is -2.37. The van der Waals surface area contributed by atoms with Crippen molar-refractivity contribution < 1.29 is 18.0 Å². The van der Waals surface area contributed by atoms with Gasteiger partial charge >= 0.3 is 0 Å². The number of rotatable bonds is 6. The summed E-state index contributed by atoms with van der Waals surface area (Å²) in [5.41, 5.74) is 3.59.